The molecule has 19 heavy (non-hydrogen) atoms. The Bertz CT molecular complexity index is 444. The highest BCUT2D eigenvalue weighted by atomic mass is 19.1. The molecule has 0 spiro atoms. The Balaban J connectivity index is 2.13. The van der Waals surface area contributed by atoms with Crippen LogP contribution in [-0.4, -0.2) is 29.9 Å². The molecule has 1 saturated heterocycles. The fourth-order valence-corrected chi connectivity index (χ4v) is 2.66. The van der Waals surface area contributed by atoms with Gasteiger partial charge in [0.05, 0.1) is 0 Å². The van der Waals surface area contributed by atoms with Crippen molar-refractivity contribution < 1.29 is 9.18 Å². The van der Waals surface area contributed by atoms with Crippen molar-refractivity contribution in [1.29, 1.82) is 0 Å². The monoisotopic (exact) mass is 264 g/mol. The molecule has 1 aromatic rings. The van der Waals surface area contributed by atoms with Gasteiger partial charge in [0.15, 0.2) is 0 Å². The zero-order chi connectivity index (χ0) is 14.0. The Kier molecular flexibility index (Phi) is 4.20. The number of rotatable bonds is 2. The number of piperidine rings is 1. The van der Waals surface area contributed by atoms with Crippen molar-refractivity contribution in [2.75, 3.05) is 13.1 Å². The van der Waals surface area contributed by atoms with Gasteiger partial charge in [-0.25, -0.2) is 4.39 Å². The SMILES string of the molecule is CC(C)C(=O)N1CC(N)CC(c2ccc(F)cc2)C1. The minimum atomic E-state index is -0.237. The minimum absolute atomic E-state index is 0.00787. The maximum absolute atomic E-state index is 13.0. The van der Waals surface area contributed by atoms with Crippen LogP contribution >= 0.6 is 0 Å². The molecule has 0 bridgehead atoms. The molecular formula is C15H21FN2O. The highest BCUT2D eigenvalue weighted by Gasteiger charge is 2.29. The first-order valence-corrected chi connectivity index (χ1v) is 6.77. The van der Waals surface area contributed by atoms with Gasteiger partial charge < -0.3 is 10.6 Å². The third kappa shape index (κ3) is 3.32. The molecule has 0 saturated carbocycles. The number of amides is 1. The lowest BCUT2D eigenvalue weighted by atomic mass is 9.88. The highest BCUT2D eigenvalue weighted by Crippen LogP contribution is 2.27. The van der Waals surface area contributed by atoms with Crippen LogP contribution in [0.25, 0.3) is 0 Å². The molecule has 1 fully saturated rings. The number of hydrogen-bond donors (Lipinski definition) is 1. The smallest absolute Gasteiger partial charge is 0.225 e. The summed E-state index contributed by atoms with van der Waals surface area (Å²) in [6.45, 7) is 5.09. The van der Waals surface area contributed by atoms with E-state index in [0.717, 1.165) is 12.0 Å². The van der Waals surface area contributed by atoms with Crippen LogP contribution in [0.3, 0.4) is 0 Å². The molecule has 104 valence electrons. The van der Waals surface area contributed by atoms with Crippen LogP contribution < -0.4 is 5.73 Å². The van der Waals surface area contributed by atoms with Crippen LogP contribution in [0.1, 0.15) is 31.7 Å². The van der Waals surface area contributed by atoms with Gasteiger partial charge in [-0.3, -0.25) is 4.79 Å². The Labute approximate surface area is 113 Å². The number of halogens is 1. The summed E-state index contributed by atoms with van der Waals surface area (Å²) in [7, 11) is 0. The summed E-state index contributed by atoms with van der Waals surface area (Å²) in [6, 6.07) is 6.49. The average molecular weight is 264 g/mol. The number of likely N-dealkylation sites (tertiary alicyclic amines) is 1. The molecule has 3 nitrogen and oxygen atoms in total. The van der Waals surface area contributed by atoms with E-state index in [1.807, 2.05) is 18.7 Å². The van der Waals surface area contributed by atoms with Crippen molar-refractivity contribution in [3.63, 3.8) is 0 Å². The Hall–Kier alpha value is -1.42. The molecule has 1 aromatic carbocycles. The second kappa shape index (κ2) is 5.70. The zero-order valence-electron chi connectivity index (χ0n) is 11.5. The van der Waals surface area contributed by atoms with Gasteiger partial charge in [0.1, 0.15) is 5.82 Å². The Morgan fingerprint density at radius 1 is 1.32 bits per heavy atom. The van der Waals surface area contributed by atoms with Crippen molar-refractivity contribution >= 4 is 5.91 Å². The Morgan fingerprint density at radius 2 is 1.95 bits per heavy atom. The first-order chi connectivity index (χ1) is 8.97. The number of hydrogen-bond acceptors (Lipinski definition) is 2. The molecule has 1 aliphatic rings. The minimum Gasteiger partial charge on any atom is -0.340 e. The summed E-state index contributed by atoms with van der Waals surface area (Å²) < 4.78 is 13.0. The van der Waals surface area contributed by atoms with Crippen LogP contribution in [-0.2, 0) is 4.79 Å². The summed E-state index contributed by atoms with van der Waals surface area (Å²) in [5, 5.41) is 0. The van der Waals surface area contributed by atoms with E-state index in [2.05, 4.69) is 0 Å². The van der Waals surface area contributed by atoms with E-state index < -0.39 is 0 Å². The number of benzene rings is 1. The lowest BCUT2D eigenvalue weighted by molar-refractivity contribution is -0.136. The van der Waals surface area contributed by atoms with Gasteiger partial charge in [-0.1, -0.05) is 26.0 Å². The third-order valence-electron chi connectivity index (χ3n) is 3.63. The molecule has 0 aromatic heterocycles. The molecular weight excluding hydrogens is 243 g/mol. The lowest BCUT2D eigenvalue weighted by Crippen LogP contribution is -2.49. The van der Waals surface area contributed by atoms with Gasteiger partial charge in [0.25, 0.3) is 0 Å². The molecule has 1 heterocycles. The van der Waals surface area contributed by atoms with Gasteiger partial charge >= 0.3 is 0 Å². The predicted molar refractivity (Wildman–Crippen MR) is 73.2 cm³/mol. The van der Waals surface area contributed by atoms with E-state index in [1.54, 1.807) is 12.1 Å². The second-order valence-electron chi connectivity index (χ2n) is 5.64. The summed E-state index contributed by atoms with van der Waals surface area (Å²) >= 11 is 0. The van der Waals surface area contributed by atoms with Crippen LogP contribution in [0.5, 0.6) is 0 Å². The van der Waals surface area contributed by atoms with Gasteiger partial charge in [0, 0.05) is 31.0 Å². The topological polar surface area (TPSA) is 46.3 Å². The van der Waals surface area contributed by atoms with Gasteiger partial charge in [0.2, 0.25) is 5.91 Å². The van der Waals surface area contributed by atoms with Crippen molar-refractivity contribution in [3.8, 4) is 0 Å². The summed E-state index contributed by atoms with van der Waals surface area (Å²) in [5.41, 5.74) is 7.11. The molecule has 1 aliphatic heterocycles. The van der Waals surface area contributed by atoms with E-state index in [4.69, 9.17) is 5.73 Å². The maximum Gasteiger partial charge on any atom is 0.225 e. The lowest BCUT2D eigenvalue weighted by Gasteiger charge is -2.37. The van der Waals surface area contributed by atoms with E-state index in [1.165, 1.54) is 12.1 Å². The van der Waals surface area contributed by atoms with Gasteiger partial charge in [-0.05, 0) is 24.1 Å². The Morgan fingerprint density at radius 3 is 2.53 bits per heavy atom. The summed E-state index contributed by atoms with van der Waals surface area (Å²) in [6.07, 6.45) is 0.841. The first-order valence-electron chi connectivity index (χ1n) is 6.77. The van der Waals surface area contributed by atoms with Crippen LogP contribution in [0, 0.1) is 11.7 Å². The van der Waals surface area contributed by atoms with Crippen molar-refractivity contribution in [1.82, 2.24) is 4.90 Å². The number of carbonyl (C=O) groups is 1. The number of carbonyl (C=O) groups excluding carboxylic acids is 1. The molecule has 0 radical (unpaired) electrons. The normalized spacial score (nSPS) is 23.7. The van der Waals surface area contributed by atoms with Crippen LogP contribution in [0.4, 0.5) is 4.39 Å². The third-order valence-corrected chi connectivity index (χ3v) is 3.63. The van der Waals surface area contributed by atoms with E-state index >= 15 is 0 Å². The van der Waals surface area contributed by atoms with Gasteiger partial charge in [-0.15, -0.1) is 0 Å². The summed E-state index contributed by atoms with van der Waals surface area (Å²) in [4.78, 5) is 13.9. The molecule has 1 amide bonds. The molecule has 2 unspecified atom stereocenters. The van der Waals surface area contributed by atoms with Crippen LogP contribution in [0.2, 0.25) is 0 Å². The quantitative estimate of drug-likeness (QED) is 0.889. The largest absolute Gasteiger partial charge is 0.340 e. The number of nitrogens with zero attached hydrogens (tertiary/aromatic N) is 1. The predicted octanol–water partition coefficient (Wildman–Crippen LogP) is 2.12. The maximum atomic E-state index is 13.0. The molecule has 0 aliphatic carbocycles. The number of nitrogens with two attached hydrogens (primary N) is 1. The first kappa shape index (κ1) is 14.0. The second-order valence-corrected chi connectivity index (χ2v) is 5.64. The fourth-order valence-electron chi connectivity index (χ4n) is 2.66. The summed E-state index contributed by atoms with van der Waals surface area (Å²) in [5.74, 6) is 0.0902. The van der Waals surface area contributed by atoms with Gasteiger partial charge in [-0.2, -0.15) is 0 Å². The van der Waals surface area contributed by atoms with Crippen molar-refractivity contribution in [2.45, 2.75) is 32.2 Å². The fraction of sp³-hybridized carbons (Fsp3) is 0.533. The van der Waals surface area contributed by atoms with Crippen molar-refractivity contribution in [2.24, 2.45) is 11.7 Å². The van der Waals surface area contributed by atoms with E-state index in [0.29, 0.717) is 13.1 Å². The van der Waals surface area contributed by atoms with E-state index in [-0.39, 0.29) is 29.6 Å². The van der Waals surface area contributed by atoms with E-state index in [9.17, 15) is 9.18 Å². The molecule has 2 rings (SSSR count). The van der Waals surface area contributed by atoms with Crippen LogP contribution in [0.15, 0.2) is 24.3 Å². The highest BCUT2D eigenvalue weighted by molar-refractivity contribution is 5.78. The molecule has 2 atom stereocenters. The standard InChI is InChI=1S/C15H21FN2O/c1-10(2)15(19)18-8-12(7-14(17)9-18)11-3-5-13(16)6-4-11/h3-6,10,12,14H,7-9,17H2,1-2H3. The van der Waals surface area contributed by atoms with Crippen molar-refractivity contribution in [3.05, 3.63) is 35.6 Å². The average Bonchev–Trinajstić information content (AvgIpc) is 2.37. The zero-order valence-corrected chi connectivity index (χ0v) is 11.5. The molecule has 4 heteroatoms. The molecule has 2 N–H and O–H groups in total.